The normalized spacial score (nSPS) is 15.0. The van der Waals surface area contributed by atoms with Crippen LogP contribution in [0.1, 0.15) is 25.5 Å². The Bertz CT molecular complexity index is 703. The van der Waals surface area contributed by atoms with Gasteiger partial charge >= 0.3 is 0 Å². The van der Waals surface area contributed by atoms with Crippen LogP contribution in [0.25, 0.3) is 0 Å². The topological polar surface area (TPSA) is 70.2 Å². The number of nitrogens with zero attached hydrogens (tertiary/aromatic N) is 2. The molecule has 2 heterocycles. The van der Waals surface area contributed by atoms with Crippen LogP contribution in [-0.2, 0) is 4.74 Å². The SMILES string of the molecule is CC(C)c1cc(=O)[nH]c(Nc2ccc(N3CCOCC3)cc2)n1. The summed E-state index contributed by atoms with van der Waals surface area (Å²) in [6.07, 6.45) is 0. The number of nitrogens with one attached hydrogen (secondary N) is 2. The highest BCUT2D eigenvalue weighted by molar-refractivity contribution is 5.59. The fourth-order valence-corrected chi connectivity index (χ4v) is 2.55. The summed E-state index contributed by atoms with van der Waals surface area (Å²) >= 11 is 0. The Labute approximate surface area is 135 Å². The lowest BCUT2D eigenvalue weighted by Crippen LogP contribution is -2.36. The van der Waals surface area contributed by atoms with E-state index in [2.05, 4.69) is 32.3 Å². The van der Waals surface area contributed by atoms with Crippen molar-refractivity contribution in [2.75, 3.05) is 36.5 Å². The Balaban J connectivity index is 1.74. The predicted molar refractivity (Wildman–Crippen MR) is 91.7 cm³/mol. The molecule has 6 heteroatoms. The summed E-state index contributed by atoms with van der Waals surface area (Å²) in [6, 6.07) is 9.66. The smallest absolute Gasteiger partial charge is 0.252 e. The molecule has 6 nitrogen and oxygen atoms in total. The molecule has 0 amide bonds. The minimum Gasteiger partial charge on any atom is -0.378 e. The Morgan fingerprint density at radius 1 is 1.22 bits per heavy atom. The Hall–Kier alpha value is -2.34. The molecule has 23 heavy (non-hydrogen) atoms. The summed E-state index contributed by atoms with van der Waals surface area (Å²) in [6.45, 7) is 7.40. The molecule has 2 N–H and O–H groups in total. The average Bonchev–Trinajstić information content (AvgIpc) is 2.56. The summed E-state index contributed by atoms with van der Waals surface area (Å²) in [4.78, 5) is 21.2. The number of aromatic nitrogens is 2. The first-order valence-corrected chi connectivity index (χ1v) is 7.93. The molecule has 1 saturated heterocycles. The third-order valence-electron chi connectivity index (χ3n) is 3.86. The van der Waals surface area contributed by atoms with Crippen molar-refractivity contribution in [3.05, 3.63) is 46.4 Å². The van der Waals surface area contributed by atoms with Crippen LogP contribution in [0.5, 0.6) is 0 Å². The molecule has 0 radical (unpaired) electrons. The Morgan fingerprint density at radius 3 is 2.57 bits per heavy atom. The molecule has 0 aliphatic carbocycles. The summed E-state index contributed by atoms with van der Waals surface area (Å²) in [5.41, 5.74) is 2.71. The monoisotopic (exact) mass is 314 g/mol. The van der Waals surface area contributed by atoms with Gasteiger partial charge in [-0.2, -0.15) is 0 Å². The molecule has 0 saturated carbocycles. The Morgan fingerprint density at radius 2 is 1.91 bits per heavy atom. The highest BCUT2D eigenvalue weighted by Crippen LogP contribution is 2.21. The van der Waals surface area contributed by atoms with Crippen molar-refractivity contribution in [3.63, 3.8) is 0 Å². The van der Waals surface area contributed by atoms with Gasteiger partial charge in [0.25, 0.3) is 5.56 Å². The third kappa shape index (κ3) is 3.90. The zero-order valence-corrected chi connectivity index (χ0v) is 13.5. The van der Waals surface area contributed by atoms with Crippen molar-refractivity contribution < 1.29 is 4.74 Å². The fourth-order valence-electron chi connectivity index (χ4n) is 2.55. The number of morpholine rings is 1. The number of rotatable bonds is 4. The number of hydrogen-bond acceptors (Lipinski definition) is 5. The summed E-state index contributed by atoms with van der Waals surface area (Å²) in [5, 5.41) is 3.16. The average molecular weight is 314 g/mol. The second-order valence-corrected chi connectivity index (χ2v) is 5.94. The standard InChI is InChI=1S/C17H22N4O2/c1-12(2)15-11-16(22)20-17(19-15)18-13-3-5-14(6-4-13)21-7-9-23-10-8-21/h3-6,11-12H,7-10H2,1-2H3,(H2,18,19,20,22). The van der Waals surface area contributed by atoms with Gasteiger partial charge in [-0.25, -0.2) is 4.98 Å². The van der Waals surface area contributed by atoms with Crippen LogP contribution in [0.4, 0.5) is 17.3 Å². The van der Waals surface area contributed by atoms with Crippen molar-refractivity contribution in [1.29, 1.82) is 0 Å². The largest absolute Gasteiger partial charge is 0.378 e. The minimum absolute atomic E-state index is 0.142. The van der Waals surface area contributed by atoms with Gasteiger partial charge in [0.05, 0.1) is 18.9 Å². The van der Waals surface area contributed by atoms with Crippen LogP contribution in [0, 0.1) is 0 Å². The Kier molecular flexibility index (Phi) is 4.62. The van der Waals surface area contributed by atoms with E-state index in [9.17, 15) is 4.79 Å². The molecule has 3 rings (SSSR count). The van der Waals surface area contributed by atoms with Crippen molar-refractivity contribution in [3.8, 4) is 0 Å². The maximum absolute atomic E-state index is 11.7. The molecule has 122 valence electrons. The van der Waals surface area contributed by atoms with Crippen LogP contribution in [0.2, 0.25) is 0 Å². The summed E-state index contributed by atoms with van der Waals surface area (Å²) in [7, 11) is 0. The first kappa shape index (κ1) is 15.6. The van der Waals surface area contributed by atoms with Gasteiger partial charge < -0.3 is 15.0 Å². The zero-order valence-electron chi connectivity index (χ0n) is 13.5. The number of hydrogen-bond donors (Lipinski definition) is 2. The van der Waals surface area contributed by atoms with Crippen LogP contribution < -0.4 is 15.8 Å². The number of H-pyrrole nitrogens is 1. The van der Waals surface area contributed by atoms with Crippen molar-refractivity contribution in [1.82, 2.24) is 9.97 Å². The predicted octanol–water partition coefficient (Wildman–Crippen LogP) is 2.47. The number of aromatic amines is 1. The van der Waals surface area contributed by atoms with E-state index in [1.165, 1.54) is 11.8 Å². The highest BCUT2D eigenvalue weighted by atomic mass is 16.5. The molecule has 0 atom stereocenters. The van der Waals surface area contributed by atoms with Crippen molar-refractivity contribution >= 4 is 17.3 Å². The van der Waals surface area contributed by atoms with E-state index >= 15 is 0 Å². The molecule has 2 aromatic rings. The van der Waals surface area contributed by atoms with Crippen molar-refractivity contribution in [2.24, 2.45) is 0 Å². The molecule has 1 fully saturated rings. The van der Waals surface area contributed by atoms with E-state index in [0.29, 0.717) is 5.95 Å². The van der Waals surface area contributed by atoms with Gasteiger partial charge in [0.2, 0.25) is 5.95 Å². The molecule has 1 aromatic heterocycles. The maximum Gasteiger partial charge on any atom is 0.252 e. The molecule has 1 aliphatic rings. The maximum atomic E-state index is 11.7. The quantitative estimate of drug-likeness (QED) is 0.907. The minimum atomic E-state index is -0.142. The van der Waals surface area contributed by atoms with Gasteiger partial charge in [0.15, 0.2) is 0 Å². The van der Waals surface area contributed by atoms with E-state index < -0.39 is 0 Å². The third-order valence-corrected chi connectivity index (χ3v) is 3.86. The first-order valence-electron chi connectivity index (χ1n) is 7.93. The highest BCUT2D eigenvalue weighted by Gasteiger charge is 2.11. The van der Waals surface area contributed by atoms with Crippen molar-refractivity contribution in [2.45, 2.75) is 19.8 Å². The van der Waals surface area contributed by atoms with Crippen LogP contribution in [0.3, 0.4) is 0 Å². The lowest BCUT2D eigenvalue weighted by molar-refractivity contribution is 0.122. The van der Waals surface area contributed by atoms with E-state index in [1.54, 1.807) is 0 Å². The molecule has 1 aliphatic heterocycles. The van der Waals surface area contributed by atoms with Crippen LogP contribution in [-0.4, -0.2) is 36.3 Å². The van der Waals surface area contributed by atoms with Gasteiger partial charge in [-0.15, -0.1) is 0 Å². The van der Waals surface area contributed by atoms with E-state index in [1.807, 2.05) is 26.0 Å². The number of ether oxygens (including phenoxy) is 1. The summed E-state index contributed by atoms with van der Waals surface area (Å²) in [5.74, 6) is 0.682. The molecule has 0 unspecified atom stereocenters. The van der Waals surface area contributed by atoms with E-state index in [-0.39, 0.29) is 11.5 Å². The van der Waals surface area contributed by atoms with Gasteiger partial charge in [-0.3, -0.25) is 9.78 Å². The van der Waals surface area contributed by atoms with Gasteiger partial charge in [-0.05, 0) is 30.2 Å². The van der Waals surface area contributed by atoms with Gasteiger partial charge in [0, 0.05) is 30.5 Å². The van der Waals surface area contributed by atoms with E-state index in [4.69, 9.17) is 4.74 Å². The van der Waals surface area contributed by atoms with Gasteiger partial charge in [0.1, 0.15) is 0 Å². The lowest BCUT2D eigenvalue weighted by atomic mass is 10.1. The molecule has 0 bridgehead atoms. The van der Waals surface area contributed by atoms with E-state index in [0.717, 1.165) is 37.7 Å². The van der Waals surface area contributed by atoms with Gasteiger partial charge in [-0.1, -0.05) is 13.8 Å². The lowest BCUT2D eigenvalue weighted by Gasteiger charge is -2.28. The first-order chi connectivity index (χ1) is 11.1. The number of benzene rings is 1. The van der Waals surface area contributed by atoms with Crippen LogP contribution in [0.15, 0.2) is 35.1 Å². The second-order valence-electron chi connectivity index (χ2n) is 5.94. The molecular weight excluding hydrogens is 292 g/mol. The molecule has 1 aromatic carbocycles. The zero-order chi connectivity index (χ0) is 16.2. The fraction of sp³-hybridized carbons (Fsp3) is 0.412. The molecule has 0 spiro atoms. The summed E-state index contributed by atoms with van der Waals surface area (Å²) < 4.78 is 5.37. The van der Waals surface area contributed by atoms with Crippen LogP contribution >= 0.6 is 0 Å². The molecular formula is C17H22N4O2. The number of anilines is 3. The second kappa shape index (κ2) is 6.83.